The Labute approximate surface area is 202 Å². The maximum absolute atomic E-state index is 13.5. The lowest BCUT2D eigenvalue weighted by atomic mass is 10.0. The fraction of sp³-hybridized carbons (Fsp3) is 0.160. The van der Waals surface area contributed by atoms with Crippen molar-refractivity contribution in [1.29, 1.82) is 0 Å². The third-order valence-electron chi connectivity index (χ3n) is 5.97. The van der Waals surface area contributed by atoms with Gasteiger partial charge in [-0.15, -0.1) is 0 Å². The molecular formula is C25H22N4O5S. The van der Waals surface area contributed by atoms with Crippen molar-refractivity contribution < 1.29 is 23.1 Å². The van der Waals surface area contributed by atoms with E-state index in [1.54, 1.807) is 54.6 Å². The minimum atomic E-state index is -4.25. The van der Waals surface area contributed by atoms with E-state index < -0.39 is 28.4 Å². The van der Waals surface area contributed by atoms with Crippen LogP contribution in [-0.2, 0) is 21.4 Å². The monoisotopic (exact) mass is 490 g/mol. The molecule has 2 amide bonds. The van der Waals surface area contributed by atoms with Gasteiger partial charge in [0.1, 0.15) is 0 Å². The molecule has 2 aliphatic rings. The molecule has 5 rings (SSSR count). The number of benzene rings is 3. The van der Waals surface area contributed by atoms with Crippen molar-refractivity contribution in [3.63, 3.8) is 0 Å². The van der Waals surface area contributed by atoms with Gasteiger partial charge in [-0.3, -0.25) is 14.1 Å². The summed E-state index contributed by atoms with van der Waals surface area (Å²) in [4.78, 5) is 30.6. The van der Waals surface area contributed by atoms with Gasteiger partial charge in [-0.05, 0) is 30.5 Å². The Bertz CT molecular complexity index is 1440. The molecule has 178 valence electrons. The fourth-order valence-electron chi connectivity index (χ4n) is 4.42. The van der Waals surface area contributed by atoms with E-state index in [2.05, 4.69) is 9.71 Å². The maximum atomic E-state index is 13.5. The van der Waals surface area contributed by atoms with Crippen molar-refractivity contribution in [2.75, 3.05) is 15.7 Å². The largest absolute Gasteiger partial charge is 0.464 e. The summed E-state index contributed by atoms with van der Waals surface area (Å²) in [6, 6.07) is 22.5. The van der Waals surface area contributed by atoms with Crippen molar-refractivity contribution in [2.24, 2.45) is 4.99 Å². The zero-order valence-corrected chi connectivity index (χ0v) is 19.4. The Morgan fingerprint density at radius 1 is 0.943 bits per heavy atom. The minimum Gasteiger partial charge on any atom is -0.464 e. The van der Waals surface area contributed by atoms with Crippen molar-refractivity contribution in [1.82, 2.24) is 4.72 Å². The molecular weight excluding hydrogens is 468 g/mol. The number of hydrogen-bond acceptors (Lipinski definition) is 5. The molecule has 3 aromatic rings. The molecule has 0 saturated carbocycles. The highest BCUT2D eigenvalue weighted by molar-refractivity contribution is 7.91. The molecule has 2 heterocycles. The molecule has 2 aliphatic heterocycles. The molecule has 9 nitrogen and oxygen atoms in total. The molecule has 0 radical (unpaired) electrons. The minimum absolute atomic E-state index is 0.109. The normalized spacial score (nSPS) is 17.8. The molecule has 0 saturated heterocycles. The SMILES string of the molecule is O=C(O)N1C(=O)C(NS(=O)(=O)N2CCCc3ccccc32)N=C(c2ccccc2)c2ccccc21. The second-order valence-corrected chi connectivity index (χ2v) is 9.77. The maximum Gasteiger partial charge on any atom is 0.418 e. The number of carbonyl (C=O) groups excluding carboxylic acids is 1. The van der Waals surface area contributed by atoms with Crippen LogP contribution in [0.4, 0.5) is 16.2 Å². The highest BCUT2D eigenvalue weighted by atomic mass is 32.2. The lowest BCUT2D eigenvalue weighted by Crippen LogP contribution is -2.53. The number of carboxylic acid groups (broad SMARTS) is 1. The van der Waals surface area contributed by atoms with Crippen LogP contribution in [-0.4, -0.2) is 43.9 Å². The molecule has 35 heavy (non-hydrogen) atoms. The summed E-state index contributed by atoms with van der Waals surface area (Å²) in [6.45, 7) is 0.228. The highest BCUT2D eigenvalue weighted by Gasteiger charge is 2.39. The molecule has 1 atom stereocenters. The van der Waals surface area contributed by atoms with Crippen LogP contribution in [0.2, 0.25) is 0 Å². The molecule has 3 aromatic carbocycles. The standard InChI is InChI=1S/C25H22N4O5S/c30-24-23(27-35(33,34)28-16-8-12-17-9-4-6-14-20(17)28)26-22(18-10-2-1-3-11-18)19-13-5-7-15-21(19)29(24)25(31)32/h1-7,9-11,13-15,23,27H,8,12,16H2,(H,31,32). The molecule has 2 N–H and O–H groups in total. The first kappa shape index (κ1) is 22.8. The molecule has 0 fully saturated rings. The van der Waals surface area contributed by atoms with Crippen molar-refractivity contribution >= 4 is 39.3 Å². The van der Waals surface area contributed by atoms with Gasteiger partial charge in [-0.25, -0.2) is 9.69 Å². The lowest BCUT2D eigenvalue weighted by Gasteiger charge is -2.31. The molecule has 1 unspecified atom stereocenters. The van der Waals surface area contributed by atoms with E-state index in [0.29, 0.717) is 33.8 Å². The topological polar surface area (TPSA) is 119 Å². The Balaban J connectivity index is 1.62. The molecule has 0 aliphatic carbocycles. The number of amides is 2. The van der Waals surface area contributed by atoms with Gasteiger partial charge < -0.3 is 5.11 Å². The number of nitrogens with one attached hydrogen (secondary N) is 1. The van der Waals surface area contributed by atoms with Crippen LogP contribution in [0.1, 0.15) is 23.1 Å². The Kier molecular flexibility index (Phi) is 5.83. The second-order valence-electron chi connectivity index (χ2n) is 8.15. The van der Waals surface area contributed by atoms with E-state index >= 15 is 0 Å². The number of aryl methyl sites for hydroxylation is 1. The van der Waals surface area contributed by atoms with Crippen molar-refractivity contribution in [3.8, 4) is 0 Å². The molecule has 10 heteroatoms. The van der Waals surface area contributed by atoms with Gasteiger partial charge in [0.15, 0.2) is 6.17 Å². The first-order chi connectivity index (χ1) is 16.9. The van der Waals surface area contributed by atoms with Gasteiger partial charge in [-0.2, -0.15) is 13.1 Å². The van der Waals surface area contributed by atoms with Gasteiger partial charge in [0, 0.05) is 17.7 Å². The number of aliphatic imine (C=N–C) groups is 1. The van der Waals surface area contributed by atoms with Crippen LogP contribution in [0.15, 0.2) is 83.9 Å². The van der Waals surface area contributed by atoms with Crippen molar-refractivity contribution in [2.45, 2.75) is 19.0 Å². The van der Waals surface area contributed by atoms with Gasteiger partial charge >= 0.3 is 16.3 Å². The third-order valence-corrected chi connectivity index (χ3v) is 7.45. The number of para-hydroxylation sites is 2. The zero-order valence-electron chi connectivity index (χ0n) is 18.5. The molecule has 0 bridgehead atoms. The molecule has 0 aromatic heterocycles. The summed E-state index contributed by atoms with van der Waals surface area (Å²) in [5.41, 5.74) is 2.84. The lowest BCUT2D eigenvalue weighted by molar-refractivity contribution is -0.119. The Hall–Kier alpha value is -4.02. The number of imide groups is 1. The van der Waals surface area contributed by atoms with Gasteiger partial charge in [-0.1, -0.05) is 66.7 Å². The number of benzodiazepines with no additional fused rings is 1. The number of fused-ring (bicyclic) bond motifs is 2. The summed E-state index contributed by atoms with van der Waals surface area (Å²) < 4.78 is 30.6. The van der Waals surface area contributed by atoms with Gasteiger partial charge in [0.05, 0.1) is 17.1 Å². The quantitative estimate of drug-likeness (QED) is 0.582. The number of anilines is 2. The predicted octanol–water partition coefficient (Wildman–Crippen LogP) is 3.16. The number of carbonyl (C=O) groups is 2. The number of nitrogens with zero attached hydrogens (tertiary/aromatic N) is 3. The van der Waals surface area contributed by atoms with E-state index in [1.807, 2.05) is 18.2 Å². The summed E-state index contributed by atoms with van der Waals surface area (Å²) >= 11 is 0. The van der Waals surface area contributed by atoms with E-state index in [4.69, 9.17) is 0 Å². The van der Waals surface area contributed by atoms with Crippen LogP contribution in [0.25, 0.3) is 0 Å². The van der Waals surface area contributed by atoms with E-state index in [9.17, 15) is 23.1 Å². The first-order valence-corrected chi connectivity index (χ1v) is 12.5. The van der Waals surface area contributed by atoms with Crippen LogP contribution < -0.4 is 13.9 Å². The smallest absolute Gasteiger partial charge is 0.418 e. The Morgan fingerprint density at radius 3 is 2.34 bits per heavy atom. The van der Waals surface area contributed by atoms with Crippen LogP contribution in [0, 0.1) is 0 Å². The molecule has 0 spiro atoms. The summed E-state index contributed by atoms with van der Waals surface area (Å²) in [6.07, 6.45) is -1.86. The van der Waals surface area contributed by atoms with E-state index in [1.165, 1.54) is 10.4 Å². The highest BCUT2D eigenvalue weighted by Crippen LogP contribution is 2.31. The Morgan fingerprint density at radius 2 is 1.60 bits per heavy atom. The average molecular weight is 491 g/mol. The third kappa shape index (κ3) is 4.17. The van der Waals surface area contributed by atoms with Gasteiger partial charge in [0.2, 0.25) is 0 Å². The number of hydrogen-bond donors (Lipinski definition) is 2. The van der Waals surface area contributed by atoms with E-state index in [-0.39, 0.29) is 12.2 Å². The van der Waals surface area contributed by atoms with Crippen LogP contribution in [0.3, 0.4) is 0 Å². The summed E-state index contributed by atoms with van der Waals surface area (Å²) in [5, 5.41) is 9.90. The van der Waals surface area contributed by atoms with Gasteiger partial charge in [0.25, 0.3) is 5.91 Å². The van der Waals surface area contributed by atoms with Crippen LogP contribution >= 0.6 is 0 Å². The second kappa shape index (κ2) is 8.97. The number of rotatable bonds is 4. The van der Waals surface area contributed by atoms with E-state index in [0.717, 1.165) is 12.0 Å². The summed E-state index contributed by atoms with van der Waals surface area (Å²) in [5.74, 6) is -1.01. The van der Waals surface area contributed by atoms with Crippen LogP contribution in [0.5, 0.6) is 0 Å². The fourth-order valence-corrected chi connectivity index (χ4v) is 5.79. The summed E-state index contributed by atoms with van der Waals surface area (Å²) in [7, 11) is -4.25. The average Bonchev–Trinajstić information content (AvgIpc) is 2.98. The first-order valence-electron chi connectivity index (χ1n) is 11.0. The van der Waals surface area contributed by atoms with Crippen molar-refractivity contribution in [3.05, 3.63) is 95.6 Å². The zero-order chi connectivity index (χ0) is 24.6. The predicted molar refractivity (Wildman–Crippen MR) is 132 cm³/mol.